The van der Waals surface area contributed by atoms with Crippen molar-refractivity contribution >= 4 is 33.1 Å². The van der Waals surface area contributed by atoms with Crippen LogP contribution in [0.4, 0.5) is 0 Å². The van der Waals surface area contributed by atoms with Gasteiger partial charge in [0.05, 0.1) is 12.7 Å². The molecule has 0 aromatic heterocycles. The lowest BCUT2D eigenvalue weighted by atomic mass is 9.64. The molecule has 222 valence electrons. The van der Waals surface area contributed by atoms with Crippen molar-refractivity contribution in [3.8, 4) is 16.9 Å². The molecule has 2 aliphatic carbocycles. The summed E-state index contributed by atoms with van der Waals surface area (Å²) in [6, 6.07) is 30.5. The van der Waals surface area contributed by atoms with E-state index in [2.05, 4.69) is 95.3 Å². The van der Waals surface area contributed by atoms with Gasteiger partial charge < -0.3 is 9.84 Å². The van der Waals surface area contributed by atoms with Crippen LogP contribution in [0.25, 0.3) is 38.2 Å². The molecule has 1 N–H and O–H groups in total. The second-order valence-corrected chi connectivity index (χ2v) is 13.5. The Labute approximate surface area is 260 Å². The van der Waals surface area contributed by atoms with Gasteiger partial charge in [-0.25, -0.2) is 4.79 Å². The predicted molar refractivity (Wildman–Crippen MR) is 184 cm³/mol. The van der Waals surface area contributed by atoms with Crippen molar-refractivity contribution < 1.29 is 14.6 Å². The van der Waals surface area contributed by atoms with Gasteiger partial charge in [0.2, 0.25) is 0 Å². The normalized spacial score (nSPS) is 16.1. The number of carbonyl (C=O) groups is 1. The van der Waals surface area contributed by atoms with Gasteiger partial charge in [-0.05, 0) is 98.3 Å². The summed E-state index contributed by atoms with van der Waals surface area (Å²) in [7, 11) is 1.80. The van der Waals surface area contributed by atoms with Crippen LogP contribution in [0.15, 0.2) is 109 Å². The van der Waals surface area contributed by atoms with E-state index in [1.165, 1.54) is 44.2 Å². The first kappa shape index (κ1) is 29.4. The first-order chi connectivity index (χ1) is 21.0. The number of ether oxygens (including phenoxy) is 1. The first-order valence-corrected chi connectivity index (χ1v) is 15.3. The summed E-state index contributed by atoms with van der Waals surface area (Å²) in [5.41, 5.74) is 10.3. The summed E-state index contributed by atoms with van der Waals surface area (Å²) in [5, 5.41) is 13.3. The number of aryl methyl sites for hydroxylation is 1. The molecular weight excluding hydrogens is 540 g/mol. The largest absolute Gasteiger partial charge is 0.496 e. The molecule has 0 spiro atoms. The predicted octanol–water partition coefficient (Wildman–Crippen LogP) is 10.8. The van der Waals surface area contributed by atoms with Crippen LogP contribution < -0.4 is 4.74 Å². The highest BCUT2D eigenvalue weighted by molar-refractivity contribution is 6.06. The summed E-state index contributed by atoms with van der Waals surface area (Å²) < 4.78 is 5.99. The maximum Gasteiger partial charge on any atom is 0.335 e. The van der Waals surface area contributed by atoms with E-state index in [9.17, 15) is 4.79 Å². The van der Waals surface area contributed by atoms with Gasteiger partial charge in [-0.1, -0.05) is 118 Å². The zero-order valence-electron chi connectivity index (χ0n) is 26.5. The van der Waals surface area contributed by atoms with Gasteiger partial charge in [0.15, 0.2) is 0 Å². The Bertz CT molecular complexity index is 1970. The van der Waals surface area contributed by atoms with E-state index in [1.807, 2.05) is 30.3 Å². The lowest BCUT2D eigenvalue weighted by molar-refractivity contribution is 0.0697. The Hall–Kier alpha value is -4.63. The lowest BCUT2D eigenvalue weighted by Crippen LogP contribution is -2.28. The number of allylic oxidation sites excluding steroid dienone is 4. The zero-order chi connectivity index (χ0) is 31.2. The molecule has 3 nitrogen and oxygen atoms in total. The van der Waals surface area contributed by atoms with E-state index in [0.717, 1.165) is 29.4 Å². The quantitative estimate of drug-likeness (QED) is 0.231. The molecule has 2 aliphatic rings. The molecule has 0 heterocycles. The highest BCUT2D eigenvalue weighted by atomic mass is 16.5. The van der Waals surface area contributed by atoms with Gasteiger partial charge in [0.1, 0.15) is 5.75 Å². The smallest absolute Gasteiger partial charge is 0.335 e. The average Bonchev–Trinajstić information content (AvgIpc) is 3.00. The average molecular weight is 581 g/mol. The Kier molecular flexibility index (Phi) is 7.45. The summed E-state index contributed by atoms with van der Waals surface area (Å²) in [6.45, 7) is 11.7. The topological polar surface area (TPSA) is 46.5 Å². The zero-order valence-corrected chi connectivity index (χ0v) is 26.5. The minimum absolute atomic E-state index is 0.0471. The van der Waals surface area contributed by atoms with Crippen molar-refractivity contribution in [1.82, 2.24) is 0 Å². The fraction of sp³-hybridized carbons (Fsp3) is 0.244. The van der Waals surface area contributed by atoms with Gasteiger partial charge >= 0.3 is 5.97 Å². The van der Waals surface area contributed by atoms with Crippen LogP contribution in [0, 0.1) is 12.3 Å². The van der Waals surface area contributed by atoms with Crippen molar-refractivity contribution in [2.45, 2.75) is 52.9 Å². The van der Waals surface area contributed by atoms with Crippen molar-refractivity contribution in [2.24, 2.45) is 5.41 Å². The van der Waals surface area contributed by atoms with Crippen molar-refractivity contribution in [3.63, 3.8) is 0 Å². The van der Waals surface area contributed by atoms with Crippen LogP contribution in [0.3, 0.4) is 0 Å². The highest BCUT2D eigenvalue weighted by Crippen LogP contribution is 2.53. The minimum atomic E-state index is -0.884. The molecule has 0 saturated heterocycles. The second-order valence-electron chi connectivity index (χ2n) is 13.5. The molecule has 0 amide bonds. The maximum atomic E-state index is 10.6. The number of methoxy groups -OCH3 is 1. The molecular formula is C41H40O3. The third kappa shape index (κ3) is 5.32. The van der Waals surface area contributed by atoms with Crippen LogP contribution in [0.1, 0.15) is 67.6 Å². The van der Waals surface area contributed by atoms with Gasteiger partial charge in [-0.3, -0.25) is 0 Å². The molecule has 0 saturated carbocycles. The van der Waals surface area contributed by atoms with Crippen LogP contribution in [0.2, 0.25) is 0 Å². The van der Waals surface area contributed by atoms with E-state index in [-0.39, 0.29) is 10.8 Å². The van der Waals surface area contributed by atoms with Crippen LogP contribution in [-0.2, 0) is 5.41 Å². The Morgan fingerprint density at radius 1 is 0.818 bits per heavy atom. The molecule has 0 bridgehead atoms. The van der Waals surface area contributed by atoms with Crippen molar-refractivity contribution in [1.29, 1.82) is 0 Å². The Morgan fingerprint density at radius 2 is 1.52 bits per heavy atom. The highest BCUT2D eigenvalue weighted by Gasteiger charge is 2.37. The van der Waals surface area contributed by atoms with Crippen LogP contribution in [-0.4, -0.2) is 18.2 Å². The molecule has 7 rings (SSSR count). The third-order valence-electron chi connectivity index (χ3n) is 9.12. The van der Waals surface area contributed by atoms with E-state index in [4.69, 9.17) is 9.84 Å². The van der Waals surface area contributed by atoms with Crippen LogP contribution >= 0.6 is 0 Å². The number of carboxylic acids is 1. The van der Waals surface area contributed by atoms with Gasteiger partial charge in [0.25, 0.3) is 0 Å². The Balaban J connectivity index is 0.000000220. The number of carboxylic acid groups (broad SMARTS) is 1. The maximum absolute atomic E-state index is 10.6. The summed E-state index contributed by atoms with van der Waals surface area (Å²) in [6.07, 6.45) is 7.00. The molecule has 0 aliphatic heterocycles. The van der Waals surface area contributed by atoms with Crippen molar-refractivity contribution in [2.75, 3.05) is 7.11 Å². The van der Waals surface area contributed by atoms with E-state index in [0.29, 0.717) is 5.56 Å². The summed E-state index contributed by atoms with van der Waals surface area (Å²) in [5.74, 6) is 0.104. The summed E-state index contributed by atoms with van der Waals surface area (Å²) >= 11 is 0. The fourth-order valence-corrected chi connectivity index (χ4v) is 7.21. The monoisotopic (exact) mass is 580 g/mol. The van der Waals surface area contributed by atoms with E-state index >= 15 is 0 Å². The number of rotatable bonds is 3. The molecule has 0 atom stereocenters. The summed E-state index contributed by atoms with van der Waals surface area (Å²) in [4.78, 5) is 10.6. The van der Waals surface area contributed by atoms with Gasteiger partial charge in [0, 0.05) is 5.39 Å². The van der Waals surface area contributed by atoms with Gasteiger partial charge in [-0.15, -0.1) is 0 Å². The number of benzene rings is 5. The minimum Gasteiger partial charge on any atom is -0.496 e. The molecule has 0 fully saturated rings. The molecule has 0 radical (unpaired) electrons. The SMILES string of the molecule is COc1cc(C)c(-c2ccccc2)c2ccc3c(c12)C(C)(C)CC1=C3C=CC(C)(C)C1.O=C(O)c1ccc2ccccc2c1. The molecule has 44 heavy (non-hydrogen) atoms. The Morgan fingerprint density at radius 3 is 2.23 bits per heavy atom. The van der Waals surface area contributed by atoms with Crippen LogP contribution in [0.5, 0.6) is 5.75 Å². The fourth-order valence-electron chi connectivity index (χ4n) is 7.21. The first-order valence-electron chi connectivity index (χ1n) is 15.3. The standard InChI is InChI=1S/C30H32O.C11H8O2/c1-19-16-25(31-6)27-24(26(19)20-10-8-7-9-11-20)13-12-23-22-14-15-29(2,3)17-21(22)18-30(4,5)28(23)27;12-11(13)10-6-5-8-3-1-2-4-9(8)7-10/h7-16H,17-18H2,1-6H3;1-7H,(H,12,13). The van der Waals surface area contributed by atoms with E-state index < -0.39 is 5.97 Å². The number of aromatic carboxylic acids is 1. The molecule has 3 heteroatoms. The lowest BCUT2D eigenvalue weighted by Gasteiger charge is -2.40. The number of fused-ring (bicyclic) bond motifs is 5. The molecule has 5 aromatic carbocycles. The van der Waals surface area contributed by atoms with E-state index in [1.54, 1.807) is 24.8 Å². The number of hydrogen-bond acceptors (Lipinski definition) is 2. The van der Waals surface area contributed by atoms with Crippen molar-refractivity contribution in [3.05, 3.63) is 131 Å². The number of hydrogen-bond donors (Lipinski definition) is 1. The third-order valence-corrected chi connectivity index (χ3v) is 9.12. The molecule has 0 unspecified atom stereocenters. The molecule has 5 aromatic rings. The second kappa shape index (κ2) is 11.1. The van der Waals surface area contributed by atoms with Gasteiger partial charge in [-0.2, -0.15) is 0 Å².